The molecule has 122 valence electrons. The molecule has 1 aliphatic heterocycles. The summed E-state index contributed by atoms with van der Waals surface area (Å²) < 4.78 is 23.4. The highest BCUT2D eigenvalue weighted by molar-refractivity contribution is 7.91. The predicted molar refractivity (Wildman–Crippen MR) is 89.2 cm³/mol. The molecule has 0 saturated carbocycles. The predicted octanol–water partition coefficient (Wildman–Crippen LogP) is 3.46. The first-order valence-corrected chi connectivity index (χ1v) is 10.6. The number of hydrogen-bond donors (Lipinski definition) is 1. The van der Waals surface area contributed by atoms with Crippen LogP contribution in [0.2, 0.25) is 0 Å². The number of sulfone groups is 1. The fourth-order valence-electron chi connectivity index (χ4n) is 3.61. The summed E-state index contributed by atoms with van der Waals surface area (Å²) in [6, 6.07) is 0.404. The van der Waals surface area contributed by atoms with Gasteiger partial charge in [0.1, 0.15) is 0 Å². The highest BCUT2D eigenvalue weighted by Gasteiger charge is 2.30. The second-order valence-electron chi connectivity index (χ2n) is 6.74. The SMILES string of the molecule is CCCNC(CC1CCS(=O)(=O)C1)C1=CCCCCCC1. The van der Waals surface area contributed by atoms with E-state index < -0.39 is 9.84 Å². The van der Waals surface area contributed by atoms with E-state index in [9.17, 15) is 8.42 Å². The van der Waals surface area contributed by atoms with E-state index in [0.717, 1.165) is 25.8 Å². The lowest BCUT2D eigenvalue weighted by molar-refractivity contribution is 0.426. The Balaban J connectivity index is 1.99. The molecule has 1 saturated heterocycles. The van der Waals surface area contributed by atoms with Crippen molar-refractivity contribution in [2.24, 2.45) is 5.92 Å². The minimum atomic E-state index is -2.75. The summed E-state index contributed by atoms with van der Waals surface area (Å²) in [6.45, 7) is 3.22. The maximum Gasteiger partial charge on any atom is 0.150 e. The standard InChI is InChI=1S/C17H31NO2S/c1-2-11-18-17(13-15-10-12-21(19,20)14-15)16-8-6-4-3-5-7-9-16/h8,15,17-18H,2-7,9-14H2,1H3. The zero-order chi connectivity index (χ0) is 15.1. The lowest BCUT2D eigenvalue weighted by Crippen LogP contribution is -2.34. The van der Waals surface area contributed by atoms with Crippen molar-refractivity contribution in [1.82, 2.24) is 5.32 Å². The molecule has 1 heterocycles. The molecule has 2 unspecified atom stereocenters. The van der Waals surface area contributed by atoms with E-state index in [1.165, 1.54) is 38.5 Å². The van der Waals surface area contributed by atoms with Crippen molar-refractivity contribution >= 4 is 9.84 Å². The number of allylic oxidation sites excluding steroid dienone is 1. The Bertz CT molecular complexity index is 442. The van der Waals surface area contributed by atoms with E-state index in [1.54, 1.807) is 5.57 Å². The van der Waals surface area contributed by atoms with Crippen LogP contribution in [-0.2, 0) is 9.84 Å². The first kappa shape index (κ1) is 17.0. The summed E-state index contributed by atoms with van der Waals surface area (Å²) in [5.41, 5.74) is 1.55. The summed E-state index contributed by atoms with van der Waals surface area (Å²) >= 11 is 0. The van der Waals surface area contributed by atoms with Gasteiger partial charge in [-0.1, -0.05) is 31.4 Å². The van der Waals surface area contributed by atoms with Crippen molar-refractivity contribution in [3.8, 4) is 0 Å². The van der Waals surface area contributed by atoms with E-state index in [4.69, 9.17) is 0 Å². The molecular formula is C17H31NO2S. The molecule has 21 heavy (non-hydrogen) atoms. The van der Waals surface area contributed by atoms with Crippen LogP contribution >= 0.6 is 0 Å². The second-order valence-corrected chi connectivity index (χ2v) is 8.97. The van der Waals surface area contributed by atoms with Crippen LogP contribution in [0.3, 0.4) is 0 Å². The van der Waals surface area contributed by atoms with Gasteiger partial charge in [0.15, 0.2) is 9.84 Å². The van der Waals surface area contributed by atoms with E-state index in [2.05, 4.69) is 18.3 Å². The Morgan fingerprint density at radius 3 is 2.81 bits per heavy atom. The summed E-state index contributed by atoms with van der Waals surface area (Å²) in [7, 11) is -2.75. The molecule has 0 aromatic rings. The lowest BCUT2D eigenvalue weighted by Gasteiger charge is -2.25. The van der Waals surface area contributed by atoms with E-state index >= 15 is 0 Å². The zero-order valence-corrected chi connectivity index (χ0v) is 14.3. The smallest absolute Gasteiger partial charge is 0.150 e. The molecule has 1 fully saturated rings. The summed E-state index contributed by atoms with van der Waals surface area (Å²) in [5.74, 6) is 1.16. The van der Waals surface area contributed by atoms with Crippen LogP contribution in [-0.4, -0.2) is 32.5 Å². The average molecular weight is 314 g/mol. The monoisotopic (exact) mass is 313 g/mol. The Labute approximate surface area is 130 Å². The molecule has 0 bridgehead atoms. The molecule has 0 radical (unpaired) electrons. The summed E-state index contributed by atoms with van der Waals surface area (Å²) in [6.07, 6.45) is 13.1. The maximum atomic E-state index is 11.7. The third kappa shape index (κ3) is 5.74. The van der Waals surface area contributed by atoms with Gasteiger partial charge in [0, 0.05) is 6.04 Å². The van der Waals surface area contributed by atoms with E-state index in [-0.39, 0.29) is 0 Å². The highest BCUT2D eigenvalue weighted by Crippen LogP contribution is 2.28. The van der Waals surface area contributed by atoms with E-state index in [1.807, 2.05) is 0 Å². The van der Waals surface area contributed by atoms with Gasteiger partial charge in [-0.15, -0.1) is 0 Å². The molecule has 0 aromatic carbocycles. The topological polar surface area (TPSA) is 46.2 Å². The number of rotatable bonds is 6. The van der Waals surface area contributed by atoms with Crippen molar-refractivity contribution in [1.29, 1.82) is 0 Å². The molecular weight excluding hydrogens is 282 g/mol. The third-order valence-electron chi connectivity index (χ3n) is 4.81. The minimum absolute atomic E-state index is 0.357. The molecule has 0 aromatic heterocycles. The molecule has 0 spiro atoms. The Hall–Kier alpha value is -0.350. The number of hydrogen-bond acceptors (Lipinski definition) is 3. The average Bonchev–Trinajstić information content (AvgIpc) is 2.74. The lowest BCUT2D eigenvalue weighted by atomic mass is 9.89. The van der Waals surface area contributed by atoms with Crippen LogP contribution in [0.15, 0.2) is 11.6 Å². The van der Waals surface area contributed by atoms with Crippen LogP contribution in [0.1, 0.15) is 64.7 Å². The zero-order valence-electron chi connectivity index (χ0n) is 13.4. The molecule has 4 heteroatoms. The van der Waals surface area contributed by atoms with Crippen LogP contribution in [0, 0.1) is 5.92 Å². The van der Waals surface area contributed by atoms with Crippen molar-refractivity contribution in [2.45, 2.75) is 70.8 Å². The molecule has 0 amide bonds. The molecule has 2 atom stereocenters. The molecule has 1 N–H and O–H groups in total. The fourth-order valence-corrected chi connectivity index (χ4v) is 5.49. The summed E-state index contributed by atoms with van der Waals surface area (Å²) in [5, 5.41) is 3.68. The van der Waals surface area contributed by atoms with Crippen molar-refractivity contribution < 1.29 is 8.42 Å². The highest BCUT2D eigenvalue weighted by atomic mass is 32.2. The van der Waals surface area contributed by atoms with Gasteiger partial charge in [-0.2, -0.15) is 0 Å². The largest absolute Gasteiger partial charge is 0.310 e. The number of nitrogens with one attached hydrogen (secondary N) is 1. The van der Waals surface area contributed by atoms with Gasteiger partial charge in [-0.05, 0) is 57.4 Å². The van der Waals surface area contributed by atoms with Gasteiger partial charge in [0.25, 0.3) is 0 Å². The van der Waals surface area contributed by atoms with Gasteiger partial charge < -0.3 is 5.32 Å². The van der Waals surface area contributed by atoms with Crippen molar-refractivity contribution in [3.05, 3.63) is 11.6 Å². The van der Waals surface area contributed by atoms with Gasteiger partial charge in [-0.25, -0.2) is 8.42 Å². The first-order chi connectivity index (χ1) is 10.1. The molecule has 3 nitrogen and oxygen atoms in total. The first-order valence-electron chi connectivity index (χ1n) is 8.73. The van der Waals surface area contributed by atoms with Gasteiger partial charge in [0.2, 0.25) is 0 Å². The Kier molecular flexibility index (Phi) is 6.74. The van der Waals surface area contributed by atoms with Crippen molar-refractivity contribution in [3.63, 3.8) is 0 Å². The Morgan fingerprint density at radius 1 is 1.29 bits per heavy atom. The van der Waals surface area contributed by atoms with Gasteiger partial charge in [0.05, 0.1) is 11.5 Å². The van der Waals surface area contributed by atoms with Crippen LogP contribution in [0.4, 0.5) is 0 Å². The second kappa shape index (κ2) is 8.33. The maximum absolute atomic E-state index is 11.7. The van der Waals surface area contributed by atoms with E-state index in [0.29, 0.717) is 23.5 Å². The van der Waals surface area contributed by atoms with Crippen LogP contribution < -0.4 is 5.32 Å². The van der Waals surface area contributed by atoms with Crippen LogP contribution in [0.25, 0.3) is 0 Å². The van der Waals surface area contributed by atoms with Crippen molar-refractivity contribution in [2.75, 3.05) is 18.1 Å². The third-order valence-corrected chi connectivity index (χ3v) is 6.65. The molecule has 2 rings (SSSR count). The Morgan fingerprint density at radius 2 is 2.10 bits per heavy atom. The minimum Gasteiger partial charge on any atom is -0.310 e. The molecule has 1 aliphatic carbocycles. The van der Waals surface area contributed by atoms with Crippen LogP contribution in [0.5, 0.6) is 0 Å². The quantitative estimate of drug-likeness (QED) is 0.764. The summed E-state index contributed by atoms with van der Waals surface area (Å²) in [4.78, 5) is 0. The van der Waals surface area contributed by atoms with Gasteiger partial charge >= 0.3 is 0 Å². The normalized spacial score (nSPS) is 27.7. The molecule has 2 aliphatic rings. The fraction of sp³-hybridized carbons (Fsp3) is 0.882. The van der Waals surface area contributed by atoms with Gasteiger partial charge in [-0.3, -0.25) is 0 Å².